The maximum Gasteiger partial charge on any atom is 0.211 e. The Morgan fingerprint density at radius 3 is 2.59 bits per heavy atom. The van der Waals surface area contributed by atoms with Crippen LogP contribution >= 0.6 is 12.4 Å². The van der Waals surface area contributed by atoms with E-state index >= 15 is 0 Å². The third-order valence-electron chi connectivity index (χ3n) is 6.50. The van der Waals surface area contributed by atoms with Gasteiger partial charge >= 0.3 is 0 Å². The quantitative estimate of drug-likeness (QED) is 0.705. The van der Waals surface area contributed by atoms with E-state index in [1.54, 1.807) is 4.31 Å². The summed E-state index contributed by atoms with van der Waals surface area (Å²) in [5.41, 5.74) is 2.63. The first kappa shape index (κ1) is 19.3. The van der Waals surface area contributed by atoms with Crippen molar-refractivity contribution >= 4 is 22.4 Å². The lowest BCUT2D eigenvalue weighted by Crippen LogP contribution is -2.57. The molecule has 8 heteroatoms. The molecule has 1 aromatic rings. The van der Waals surface area contributed by atoms with Gasteiger partial charge in [0.05, 0.1) is 6.26 Å². The summed E-state index contributed by atoms with van der Waals surface area (Å²) in [6.07, 6.45) is 5.37. The van der Waals surface area contributed by atoms with Crippen molar-refractivity contribution in [1.29, 1.82) is 0 Å². The highest BCUT2D eigenvalue weighted by molar-refractivity contribution is 7.88. The van der Waals surface area contributed by atoms with E-state index < -0.39 is 10.0 Å². The average Bonchev–Trinajstić information content (AvgIpc) is 2.63. The highest BCUT2D eigenvalue weighted by Gasteiger charge is 2.45. The largest absolute Gasteiger partial charge is 0.486 e. The van der Waals surface area contributed by atoms with Gasteiger partial charge in [-0.25, -0.2) is 8.42 Å². The van der Waals surface area contributed by atoms with Gasteiger partial charge in [-0.05, 0) is 54.9 Å². The van der Waals surface area contributed by atoms with Crippen molar-refractivity contribution in [2.45, 2.75) is 37.8 Å². The lowest BCUT2D eigenvalue weighted by molar-refractivity contribution is 0.0219. The number of rotatable bonds is 1. The Morgan fingerprint density at radius 1 is 1.11 bits per heavy atom. The fraction of sp³-hybridized carbons (Fsp3) is 0.684. The van der Waals surface area contributed by atoms with Gasteiger partial charge in [-0.3, -0.25) is 4.90 Å². The van der Waals surface area contributed by atoms with Gasteiger partial charge < -0.3 is 9.47 Å². The first-order valence-electron chi connectivity index (χ1n) is 9.64. The van der Waals surface area contributed by atoms with Crippen molar-refractivity contribution in [3.63, 3.8) is 0 Å². The average molecular weight is 415 g/mol. The number of ether oxygens (including phenoxy) is 2. The number of nitrogens with zero attached hydrogens (tertiary/aromatic N) is 2. The fourth-order valence-corrected chi connectivity index (χ4v) is 6.56. The molecule has 0 saturated carbocycles. The van der Waals surface area contributed by atoms with E-state index in [2.05, 4.69) is 17.0 Å². The smallest absolute Gasteiger partial charge is 0.211 e. The zero-order valence-electron chi connectivity index (χ0n) is 15.6. The predicted octanol–water partition coefficient (Wildman–Crippen LogP) is 2.22. The summed E-state index contributed by atoms with van der Waals surface area (Å²) in [5, 5.41) is 0. The molecule has 5 rings (SSSR count). The van der Waals surface area contributed by atoms with Crippen LogP contribution in [0.15, 0.2) is 12.1 Å². The lowest BCUT2D eigenvalue weighted by Gasteiger charge is -2.51. The zero-order valence-corrected chi connectivity index (χ0v) is 17.2. The van der Waals surface area contributed by atoms with Gasteiger partial charge in [-0.1, -0.05) is 0 Å². The molecule has 6 nitrogen and oxygen atoms in total. The van der Waals surface area contributed by atoms with Crippen LogP contribution in [0.1, 0.15) is 36.4 Å². The Labute approximate surface area is 167 Å². The Morgan fingerprint density at radius 2 is 1.85 bits per heavy atom. The molecule has 0 radical (unpaired) electrons. The highest BCUT2D eigenvalue weighted by atomic mass is 35.5. The maximum atomic E-state index is 12.3. The minimum absolute atomic E-state index is 0. The molecule has 2 saturated heterocycles. The van der Waals surface area contributed by atoms with Gasteiger partial charge in [-0.15, -0.1) is 12.4 Å². The number of piperidine rings is 2. The predicted molar refractivity (Wildman–Crippen MR) is 105 cm³/mol. The molecular weight excluding hydrogens is 388 g/mol. The molecule has 0 unspecified atom stereocenters. The second kappa shape index (κ2) is 7.10. The van der Waals surface area contributed by atoms with Crippen molar-refractivity contribution in [2.24, 2.45) is 5.92 Å². The summed E-state index contributed by atoms with van der Waals surface area (Å²) in [7, 11) is -3.16. The SMILES string of the molecule is CS(=O)(=O)N1CCC[C@@H]2CN3CCc4cc5c(cc4[C@@H]3C[C@@H]21)OCCO5.Cl. The first-order chi connectivity index (χ1) is 12.5. The second-order valence-corrected chi connectivity index (χ2v) is 9.97. The van der Waals surface area contributed by atoms with Gasteiger partial charge in [-0.2, -0.15) is 4.31 Å². The van der Waals surface area contributed by atoms with Crippen molar-refractivity contribution in [3.8, 4) is 11.5 Å². The Hall–Kier alpha value is -1.02. The minimum atomic E-state index is -3.16. The molecule has 4 aliphatic rings. The summed E-state index contributed by atoms with van der Waals surface area (Å²) in [6.45, 7) is 3.90. The summed E-state index contributed by atoms with van der Waals surface area (Å²) in [6, 6.07) is 4.69. The van der Waals surface area contributed by atoms with Crippen LogP contribution in [0.25, 0.3) is 0 Å². The van der Waals surface area contributed by atoms with Crippen LogP contribution in [-0.2, 0) is 16.4 Å². The zero-order chi connectivity index (χ0) is 17.9. The molecule has 0 spiro atoms. The number of benzene rings is 1. The molecule has 3 atom stereocenters. The lowest BCUT2D eigenvalue weighted by atomic mass is 9.77. The van der Waals surface area contributed by atoms with Gasteiger partial charge in [0.1, 0.15) is 13.2 Å². The monoisotopic (exact) mass is 414 g/mol. The standard InChI is InChI=1S/C19H26N2O4S.ClH/c1-26(22,23)21-5-2-3-14-12-20-6-4-13-9-18-19(25-8-7-24-18)10-15(13)17(20)11-16(14)21;/h9-10,14,16-17H,2-8,11-12H2,1H3;1H/t14-,16+,17+;/m1./s1. The second-order valence-electron chi connectivity index (χ2n) is 8.03. The van der Waals surface area contributed by atoms with Gasteiger partial charge in [0, 0.05) is 31.7 Å². The third-order valence-corrected chi connectivity index (χ3v) is 7.80. The van der Waals surface area contributed by atoms with Crippen LogP contribution in [0.4, 0.5) is 0 Å². The molecule has 4 heterocycles. The number of hydrogen-bond donors (Lipinski definition) is 0. The van der Waals surface area contributed by atoms with E-state index in [0.717, 1.165) is 50.3 Å². The van der Waals surface area contributed by atoms with Crippen LogP contribution < -0.4 is 9.47 Å². The Balaban J connectivity index is 0.00000180. The van der Waals surface area contributed by atoms with Gasteiger partial charge in [0.25, 0.3) is 0 Å². The molecule has 0 bridgehead atoms. The van der Waals surface area contributed by atoms with Crippen molar-refractivity contribution in [1.82, 2.24) is 9.21 Å². The Bertz CT molecular complexity index is 831. The van der Waals surface area contributed by atoms with Crippen molar-refractivity contribution in [3.05, 3.63) is 23.3 Å². The summed E-state index contributed by atoms with van der Waals surface area (Å²) >= 11 is 0. The van der Waals surface area contributed by atoms with Crippen molar-refractivity contribution < 1.29 is 17.9 Å². The molecule has 1 aromatic carbocycles. The normalized spacial score (nSPS) is 30.5. The molecule has 4 aliphatic heterocycles. The van der Waals surface area contributed by atoms with E-state index in [1.165, 1.54) is 17.4 Å². The van der Waals surface area contributed by atoms with Gasteiger partial charge in [0.2, 0.25) is 10.0 Å². The highest BCUT2D eigenvalue weighted by Crippen LogP contribution is 2.46. The van der Waals surface area contributed by atoms with Crippen LogP contribution in [0, 0.1) is 5.92 Å². The number of fused-ring (bicyclic) bond motifs is 5. The molecule has 2 fully saturated rings. The van der Waals surface area contributed by atoms with E-state index in [9.17, 15) is 8.42 Å². The van der Waals surface area contributed by atoms with Crippen LogP contribution in [0.3, 0.4) is 0 Å². The first-order valence-corrected chi connectivity index (χ1v) is 11.5. The van der Waals surface area contributed by atoms with E-state index in [0.29, 0.717) is 25.7 Å². The summed E-state index contributed by atoms with van der Waals surface area (Å²) in [4.78, 5) is 2.56. The summed E-state index contributed by atoms with van der Waals surface area (Å²) < 4.78 is 37.9. The van der Waals surface area contributed by atoms with E-state index in [4.69, 9.17) is 9.47 Å². The number of halogens is 1. The molecule has 0 N–H and O–H groups in total. The van der Waals surface area contributed by atoms with Gasteiger partial charge in [0.15, 0.2) is 11.5 Å². The van der Waals surface area contributed by atoms with Crippen LogP contribution in [0.2, 0.25) is 0 Å². The third kappa shape index (κ3) is 3.33. The van der Waals surface area contributed by atoms with Crippen molar-refractivity contribution in [2.75, 3.05) is 39.1 Å². The molecule has 0 amide bonds. The number of sulfonamides is 1. The van der Waals surface area contributed by atoms with Crippen LogP contribution in [-0.4, -0.2) is 62.8 Å². The van der Waals surface area contributed by atoms with E-state index in [1.807, 2.05) is 0 Å². The molecule has 0 aliphatic carbocycles. The van der Waals surface area contributed by atoms with E-state index in [-0.39, 0.29) is 24.5 Å². The molecular formula is C19H27ClN2O4S. The maximum absolute atomic E-state index is 12.3. The Kier molecular flexibility index (Phi) is 5.08. The molecule has 27 heavy (non-hydrogen) atoms. The molecule has 0 aromatic heterocycles. The minimum Gasteiger partial charge on any atom is -0.486 e. The van der Waals surface area contributed by atoms with Crippen LogP contribution in [0.5, 0.6) is 11.5 Å². The number of hydrogen-bond acceptors (Lipinski definition) is 5. The molecule has 150 valence electrons. The topological polar surface area (TPSA) is 59.1 Å². The fourth-order valence-electron chi connectivity index (χ4n) is 5.35. The summed E-state index contributed by atoms with van der Waals surface area (Å²) in [5.74, 6) is 2.14.